The molecule has 0 amide bonds. The van der Waals surface area contributed by atoms with Crippen LogP contribution in [0.25, 0.3) is 0 Å². The molecule has 0 spiro atoms. The molecular weight excluding hydrogens is 432 g/mol. The van der Waals surface area contributed by atoms with Crippen LogP contribution in [-0.2, 0) is 0 Å². The van der Waals surface area contributed by atoms with E-state index in [1.807, 2.05) is 48.5 Å². The average molecular weight is 471 g/mol. The zero-order chi connectivity index (χ0) is 23.7. The van der Waals surface area contributed by atoms with E-state index in [9.17, 15) is 0 Å². The van der Waals surface area contributed by atoms with Crippen molar-refractivity contribution in [3.8, 4) is 11.5 Å². The molecule has 2 rings (SSSR count). The van der Waals surface area contributed by atoms with Gasteiger partial charge >= 0.3 is 0 Å². The van der Waals surface area contributed by atoms with Gasteiger partial charge in [-0.2, -0.15) is 11.8 Å². The first kappa shape index (κ1) is 26.6. The molecular formula is C26H38N4O2S. The molecule has 0 saturated carbocycles. The number of thioether (sulfide) groups is 1. The summed E-state index contributed by atoms with van der Waals surface area (Å²) < 4.78 is 11.6. The smallest absolute Gasteiger partial charge is 0.125 e. The summed E-state index contributed by atoms with van der Waals surface area (Å²) in [5, 5.41) is 0. The predicted octanol–water partition coefficient (Wildman–Crippen LogP) is 4.89. The number of benzene rings is 2. The molecule has 4 N–H and O–H groups in total. The largest absolute Gasteiger partial charge is 0.493 e. The van der Waals surface area contributed by atoms with Gasteiger partial charge in [0.2, 0.25) is 0 Å². The van der Waals surface area contributed by atoms with Crippen molar-refractivity contribution in [2.75, 3.05) is 37.8 Å². The van der Waals surface area contributed by atoms with Gasteiger partial charge in [0.1, 0.15) is 23.2 Å². The third-order valence-electron chi connectivity index (χ3n) is 4.88. The Morgan fingerprint density at radius 2 is 1.09 bits per heavy atom. The Balaban J connectivity index is 1.59. The highest BCUT2D eigenvalue weighted by Gasteiger charge is 2.01. The zero-order valence-electron chi connectivity index (χ0n) is 20.0. The van der Waals surface area contributed by atoms with E-state index in [1.165, 1.54) is 0 Å². The topological polar surface area (TPSA) is 95.2 Å². The molecule has 2 aromatic carbocycles. The fraction of sp³-hybridized carbons (Fsp3) is 0.462. The molecule has 0 atom stereocenters. The van der Waals surface area contributed by atoms with Crippen molar-refractivity contribution >= 4 is 23.4 Å². The fourth-order valence-corrected chi connectivity index (χ4v) is 3.49. The average Bonchev–Trinajstić information content (AvgIpc) is 2.84. The van der Waals surface area contributed by atoms with Crippen LogP contribution in [0.5, 0.6) is 11.5 Å². The number of nitrogens with two attached hydrogens (primary N) is 2. The summed E-state index contributed by atoms with van der Waals surface area (Å²) >= 11 is 1.80. The van der Waals surface area contributed by atoms with Crippen molar-refractivity contribution < 1.29 is 9.47 Å². The highest BCUT2D eigenvalue weighted by molar-refractivity contribution is 7.99. The Morgan fingerprint density at radius 1 is 0.697 bits per heavy atom. The molecule has 33 heavy (non-hydrogen) atoms. The molecule has 0 radical (unpaired) electrons. The highest BCUT2D eigenvalue weighted by Crippen LogP contribution is 2.15. The van der Waals surface area contributed by atoms with Crippen molar-refractivity contribution in [3.05, 3.63) is 59.7 Å². The number of aliphatic imine (C=N–C) groups is 2. The van der Waals surface area contributed by atoms with Gasteiger partial charge in [-0.3, -0.25) is 9.98 Å². The fourth-order valence-electron chi connectivity index (χ4n) is 2.88. The van der Waals surface area contributed by atoms with Gasteiger partial charge in [-0.15, -0.1) is 0 Å². The second kappa shape index (κ2) is 16.0. The molecule has 0 aliphatic rings. The first-order valence-electron chi connectivity index (χ1n) is 11.8. The maximum Gasteiger partial charge on any atom is 0.125 e. The first-order valence-corrected chi connectivity index (χ1v) is 12.9. The molecule has 0 aliphatic heterocycles. The number of hydrogen-bond acceptors (Lipinski definition) is 5. The number of ether oxygens (including phenoxy) is 2. The van der Waals surface area contributed by atoms with Crippen molar-refractivity contribution in [2.24, 2.45) is 21.5 Å². The van der Waals surface area contributed by atoms with E-state index < -0.39 is 0 Å². The van der Waals surface area contributed by atoms with Gasteiger partial charge in [0.05, 0.1) is 13.2 Å². The maximum absolute atomic E-state index is 6.02. The molecule has 2 aromatic rings. The van der Waals surface area contributed by atoms with E-state index in [4.69, 9.17) is 20.9 Å². The molecule has 0 bridgehead atoms. The standard InChI is InChI=1S/C26H38N4O2S/c1-3-5-15-29-25(27)21-7-11-23(12-8-21)31-17-19-33-20-18-32-24-13-9-22(10-14-24)26(28)30-16-6-4-2/h7-14H,3-6,15-20H2,1-2H3,(H2,27,29)(H2,28,30). The molecule has 0 fully saturated rings. The lowest BCUT2D eigenvalue weighted by Crippen LogP contribution is -2.14. The van der Waals surface area contributed by atoms with Gasteiger partial charge in [-0.05, 0) is 61.4 Å². The lowest BCUT2D eigenvalue weighted by molar-refractivity contribution is 0.339. The molecule has 0 heterocycles. The monoisotopic (exact) mass is 470 g/mol. The number of unbranched alkanes of at least 4 members (excludes halogenated alkanes) is 2. The Hall–Kier alpha value is -2.67. The minimum atomic E-state index is 0.587. The Morgan fingerprint density at radius 3 is 1.45 bits per heavy atom. The SMILES string of the molecule is CCCCN=C(N)c1ccc(OCCSCCOc2ccc(C(N)=NCCCC)cc2)cc1. The van der Waals surface area contributed by atoms with Crippen molar-refractivity contribution in [1.29, 1.82) is 0 Å². The Labute approximate surface area is 202 Å². The number of hydrogen-bond donors (Lipinski definition) is 2. The summed E-state index contributed by atoms with van der Waals surface area (Å²) in [6.45, 7) is 7.13. The minimum Gasteiger partial charge on any atom is -0.493 e. The van der Waals surface area contributed by atoms with Crippen LogP contribution in [0.3, 0.4) is 0 Å². The van der Waals surface area contributed by atoms with Gasteiger partial charge in [0.15, 0.2) is 0 Å². The lowest BCUT2D eigenvalue weighted by Gasteiger charge is -2.09. The van der Waals surface area contributed by atoms with E-state index in [2.05, 4.69) is 23.8 Å². The number of rotatable bonds is 16. The van der Waals surface area contributed by atoms with Crippen LogP contribution in [0.1, 0.15) is 50.7 Å². The van der Waals surface area contributed by atoms with E-state index in [0.717, 1.165) is 72.9 Å². The molecule has 0 aliphatic carbocycles. The summed E-state index contributed by atoms with van der Waals surface area (Å²) in [5.41, 5.74) is 13.9. The van der Waals surface area contributed by atoms with Gasteiger partial charge in [-0.25, -0.2) is 0 Å². The second-order valence-electron chi connectivity index (χ2n) is 7.60. The van der Waals surface area contributed by atoms with E-state index in [1.54, 1.807) is 11.8 Å². The van der Waals surface area contributed by atoms with Crippen LogP contribution in [0.2, 0.25) is 0 Å². The predicted molar refractivity (Wildman–Crippen MR) is 142 cm³/mol. The summed E-state index contributed by atoms with van der Waals surface area (Å²) in [7, 11) is 0. The van der Waals surface area contributed by atoms with Crippen LogP contribution < -0.4 is 20.9 Å². The van der Waals surface area contributed by atoms with Crippen LogP contribution in [-0.4, -0.2) is 49.5 Å². The molecule has 0 saturated heterocycles. The van der Waals surface area contributed by atoms with Crippen LogP contribution in [0.15, 0.2) is 58.5 Å². The Kier molecular flexibility index (Phi) is 12.9. The molecule has 7 heteroatoms. The summed E-state index contributed by atoms with van der Waals surface area (Å²) in [6.07, 6.45) is 4.34. The van der Waals surface area contributed by atoms with Gasteiger partial charge in [-0.1, -0.05) is 26.7 Å². The highest BCUT2D eigenvalue weighted by atomic mass is 32.2. The van der Waals surface area contributed by atoms with Gasteiger partial charge in [0.25, 0.3) is 0 Å². The summed E-state index contributed by atoms with van der Waals surface area (Å²) in [6, 6.07) is 15.6. The molecule has 0 unspecified atom stereocenters. The summed E-state index contributed by atoms with van der Waals surface area (Å²) in [5.74, 6) is 4.65. The number of amidine groups is 2. The third-order valence-corrected chi connectivity index (χ3v) is 5.79. The third kappa shape index (κ3) is 10.7. The quantitative estimate of drug-likeness (QED) is 0.207. The molecule has 6 nitrogen and oxygen atoms in total. The molecule has 180 valence electrons. The van der Waals surface area contributed by atoms with E-state index in [-0.39, 0.29) is 0 Å². The lowest BCUT2D eigenvalue weighted by atomic mass is 10.2. The van der Waals surface area contributed by atoms with Crippen LogP contribution in [0, 0.1) is 0 Å². The van der Waals surface area contributed by atoms with Gasteiger partial charge < -0.3 is 20.9 Å². The zero-order valence-corrected chi connectivity index (χ0v) is 20.8. The number of nitrogens with zero attached hydrogens (tertiary/aromatic N) is 2. The van der Waals surface area contributed by atoms with Gasteiger partial charge in [0, 0.05) is 35.7 Å². The van der Waals surface area contributed by atoms with Crippen molar-refractivity contribution in [1.82, 2.24) is 0 Å². The van der Waals surface area contributed by atoms with Crippen LogP contribution in [0.4, 0.5) is 0 Å². The van der Waals surface area contributed by atoms with Crippen LogP contribution >= 0.6 is 11.8 Å². The summed E-state index contributed by atoms with van der Waals surface area (Å²) in [4.78, 5) is 8.79. The van der Waals surface area contributed by atoms with Crippen molar-refractivity contribution in [3.63, 3.8) is 0 Å². The first-order chi connectivity index (χ1) is 16.1. The normalized spacial score (nSPS) is 12.1. The molecule has 0 aromatic heterocycles. The van der Waals surface area contributed by atoms with E-state index >= 15 is 0 Å². The van der Waals surface area contributed by atoms with Crippen molar-refractivity contribution in [2.45, 2.75) is 39.5 Å². The Bertz CT molecular complexity index is 780. The second-order valence-corrected chi connectivity index (χ2v) is 8.82. The minimum absolute atomic E-state index is 0.587. The van der Waals surface area contributed by atoms with E-state index in [0.29, 0.717) is 24.9 Å². The maximum atomic E-state index is 6.02.